The molecule has 0 unspecified atom stereocenters. The first kappa shape index (κ1) is 20.5. The molecule has 0 saturated heterocycles. The summed E-state index contributed by atoms with van der Waals surface area (Å²) >= 11 is 0. The molecule has 0 aliphatic rings. The number of amides is 2. The average molecular weight is 394 g/mol. The van der Waals surface area contributed by atoms with Crippen molar-refractivity contribution in [2.45, 2.75) is 32.9 Å². The fourth-order valence-corrected chi connectivity index (χ4v) is 3.07. The fourth-order valence-electron chi connectivity index (χ4n) is 3.07. The lowest BCUT2D eigenvalue weighted by molar-refractivity contribution is -0.133. The SMILES string of the molecule is CC(C)N(CC(=O)N(CCc1ccccc1)Cc1ccco1)C(=O)c1ccco1. The summed E-state index contributed by atoms with van der Waals surface area (Å²) < 4.78 is 10.7. The molecule has 0 bridgehead atoms. The molecule has 6 heteroatoms. The van der Waals surface area contributed by atoms with Gasteiger partial charge in [-0.3, -0.25) is 9.59 Å². The van der Waals surface area contributed by atoms with E-state index >= 15 is 0 Å². The zero-order chi connectivity index (χ0) is 20.6. The lowest BCUT2D eigenvalue weighted by Crippen LogP contribution is -2.46. The molecule has 6 nitrogen and oxygen atoms in total. The zero-order valence-electron chi connectivity index (χ0n) is 16.8. The summed E-state index contributed by atoms with van der Waals surface area (Å²) in [6, 6.07) is 16.8. The Balaban J connectivity index is 1.72. The summed E-state index contributed by atoms with van der Waals surface area (Å²) in [4.78, 5) is 29.1. The number of carbonyl (C=O) groups is 2. The van der Waals surface area contributed by atoms with Gasteiger partial charge in [-0.2, -0.15) is 0 Å². The monoisotopic (exact) mass is 394 g/mol. The third kappa shape index (κ3) is 5.60. The van der Waals surface area contributed by atoms with Crippen LogP contribution in [0.1, 0.15) is 35.7 Å². The molecule has 0 spiro atoms. The van der Waals surface area contributed by atoms with Crippen LogP contribution in [-0.2, 0) is 17.8 Å². The van der Waals surface area contributed by atoms with Gasteiger partial charge < -0.3 is 18.6 Å². The first-order valence-corrected chi connectivity index (χ1v) is 9.73. The van der Waals surface area contributed by atoms with Gasteiger partial charge in [0.1, 0.15) is 12.3 Å². The second-order valence-electron chi connectivity index (χ2n) is 7.13. The molecule has 0 fully saturated rings. The van der Waals surface area contributed by atoms with E-state index in [1.54, 1.807) is 29.4 Å². The normalized spacial score (nSPS) is 10.9. The van der Waals surface area contributed by atoms with E-state index < -0.39 is 0 Å². The van der Waals surface area contributed by atoms with Gasteiger partial charge in [0.05, 0.1) is 19.1 Å². The molecule has 3 rings (SSSR count). The van der Waals surface area contributed by atoms with Crippen LogP contribution >= 0.6 is 0 Å². The van der Waals surface area contributed by atoms with E-state index in [0.29, 0.717) is 18.8 Å². The Labute approximate surface area is 170 Å². The Hall–Kier alpha value is -3.28. The molecule has 0 radical (unpaired) electrons. The first-order valence-electron chi connectivity index (χ1n) is 9.73. The van der Waals surface area contributed by atoms with Crippen molar-refractivity contribution in [3.05, 3.63) is 84.2 Å². The van der Waals surface area contributed by atoms with Crippen molar-refractivity contribution in [1.82, 2.24) is 9.80 Å². The van der Waals surface area contributed by atoms with Crippen LogP contribution in [0.5, 0.6) is 0 Å². The first-order chi connectivity index (χ1) is 14.0. The molecule has 2 aromatic heterocycles. The van der Waals surface area contributed by atoms with Crippen LogP contribution in [0.4, 0.5) is 0 Å². The Morgan fingerprint density at radius 2 is 1.66 bits per heavy atom. The highest BCUT2D eigenvalue weighted by Gasteiger charge is 2.26. The van der Waals surface area contributed by atoms with Crippen molar-refractivity contribution < 1.29 is 18.4 Å². The maximum absolute atomic E-state index is 13.1. The fraction of sp³-hybridized carbons (Fsp3) is 0.304. The molecule has 152 valence electrons. The Morgan fingerprint density at radius 3 is 2.28 bits per heavy atom. The third-order valence-electron chi connectivity index (χ3n) is 4.71. The van der Waals surface area contributed by atoms with Gasteiger partial charge in [0, 0.05) is 12.6 Å². The number of nitrogens with zero attached hydrogens (tertiary/aromatic N) is 2. The van der Waals surface area contributed by atoms with Gasteiger partial charge in [0.2, 0.25) is 5.91 Å². The van der Waals surface area contributed by atoms with E-state index in [4.69, 9.17) is 8.83 Å². The van der Waals surface area contributed by atoms with Crippen molar-refractivity contribution in [2.75, 3.05) is 13.1 Å². The number of carbonyl (C=O) groups excluding carboxylic acids is 2. The predicted octanol–water partition coefficient (Wildman–Crippen LogP) is 3.99. The van der Waals surface area contributed by atoms with Crippen LogP contribution in [0.3, 0.4) is 0 Å². The van der Waals surface area contributed by atoms with Gasteiger partial charge >= 0.3 is 0 Å². The lowest BCUT2D eigenvalue weighted by Gasteiger charge is -2.29. The van der Waals surface area contributed by atoms with Gasteiger partial charge in [-0.1, -0.05) is 30.3 Å². The summed E-state index contributed by atoms with van der Waals surface area (Å²) in [6.07, 6.45) is 3.77. The van der Waals surface area contributed by atoms with Crippen molar-refractivity contribution in [2.24, 2.45) is 0 Å². The highest BCUT2D eigenvalue weighted by molar-refractivity contribution is 5.94. The number of hydrogen-bond donors (Lipinski definition) is 0. The molecule has 1 aromatic carbocycles. The van der Waals surface area contributed by atoms with Gasteiger partial charge in [-0.05, 0) is 50.1 Å². The summed E-state index contributed by atoms with van der Waals surface area (Å²) in [5.74, 6) is 0.513. The van der Waals surface area contributed by atoms with Gasteiger partial charge in [-0.25, -0.2) is 0 Å². The van der Waals surface area contributed by atoms with Gasteiger partial charge in [-0.15, -0.1) is 0 Å². The van der Waals surface area contributed by atoms with Crippen molar-refractivity contribution in [1.29, 1.82) is 0 Å². The zero-order valence-corrected chi connectivity index (χ0v) is 16.8. The predicted molar refractivity (Wildman–Crippen MR) is 109 cm³/mol. The topological polar surface area (TPSA) is 66.9 Å². The lowest BCUT2D eigenvalue weighted by atomic mass is 10.1. The quantitative estimate of drug-likeness (QED) is 0.550. The third-order valence-corrected chi connectivity index (χ3v) is 4.71. The van der Waals surface area contributed by atoms with E-state index in [1.807, 2.05) is 50.2 Å². The average Bonchev–Trinajstić information content (AvgIpc) is 3.43. The maximum Gasteiger partial charge on any atom is 0.290 e. The highest BCUT2D eigenvalue weighted by Crippen LogP contribution is 2.13. The minimum atomic E-state index is -0.292. The minimum absolute atomic E-state index is 0.0211. The molecular formula is C23H26N2O4. The molecule has 3 aromatic rings. The summed E-state index contributed by atoms with van der Waals surface area (Å²) in [7, 11) is 0. The molecule has 0 aliphatic carbocycles. The molecule has 0 aliphatic heterocycles. The van der Waals surface area contributed by atoms with Gasteiger partial charge in [0.15, 0.2) is 5.76 Å². The second kappa shape index (κ2) is 9.78. The van der Waals surface area contributed by atoms with E-state index in [-0.39, 0.29) is 30.2 Å². The van der Waals surface area contributed by atoms with Gasteiger partial charge in [0.25, 0.3) is 5.91 Å². The van der Waals surface area contributed by atoms with Crippen molar-refractivity contribution in [3.8, 4) is 0 Å². The number of hydrogen-bond acceptors (Lipinski definition) is 4. The Morgan fingerprint density at radius 1 is 0.931 bits per heavy atom. The Kier molecular flexibility index (Phi) is 6.89. The number of furan rings is 2. The molecule has 0 N–H and O–H groups in total. The summed E-state index contributed by atoms with van der Waals surface area (Å²) in [5, 5.41) is 0. The van der Waals surface area contributed by atoms with Crippen LogP contribution in [0.25, 0.3) is 0 Å². The molecular weight excluding hydrogens is 368 g/mol. The summed E-state index contributed by atoms with van der Waals surface area (Å²) in [5.41, 5.74) is 1.15. The molecule has 0 saturated carbocycles. The molecule has 2 heterocycles. The van der Waals surface area contributed by atoms with Crippen molar-refractivity contribution >= 4 is 11.8 Å². The molecule has 0 atom stereocenters. The summed E-state index contributed by atoms with van der Waals surface area (Å²) in [6.45, 7) is 4.64. The Bertz CT molecular complexity index is 886. The highest BCUT2D eigenvalue weighted by atomic mass is 16.3. The minimum Gasteiger partial charge on any atom is -0.467 e. The molecule has 29 heavy (non-hydrogen) atoms. The van der Waals surface area contributed by atoms with Crippen LogP contribution < -0.4 is 0 Å². The number of rotatable bonds is 9. The van der Waals surface area contributed by atoms with E-state index in [9.17, 15) is 9.59 Å². The maximum atomic E-state index is 13.1. The smallest absolute Gasteiger partial charge is 0.290 e. The van der Waals surface area contributed by atoms with E-state index in [2.05, 4.69) is 0 Å². The second-order valence-corrected chi connectivity index (χ2v) is 7.13. The van der Waals surface area contributed by atoms with Crippen LogP contribution in [0.2, 0.25) is 0 Å². The standard InChI is InChI=1S/C23H26N2O4/c1-18(2)25(23(27)21-11-7-15-29-21)17-22(26)24(16-20-10-6-14-28-20)13-12-19-8-4-3-5-9-19/h3-11,14-15,18H,12-13,16-17H2,1-2H3. The van der Waals surface area contributed by atoms with E-state index in [1.165, 1.54) is 11.2 Å². The largest absolute Gasteiger partial charge is 0.467 e. The van der Waals surface area contributed by atoms with E-state index in [0.717, 1.165) is 12.0 Å². The van der Waals surface area contributed by atoms with Crippen LogP contribution in [0, 0.1) is 0 Å². The van der Waals surface area contributed by atoms with Crippen molar-refractivity contribution in [3.63, 3.8) is 0 Å². The van der Waals surface area contributed by atoms with Crippen LogP contribution in [0.15, 0.2) is 76.0 Å². The molecule has 2 amide bonds. The number of benzene rings is 1. The van der Waals surface area contributed by atoms with Crippen LogP contribution in [-0.4, -0.2) is 40.7 Å².